The van der Waals surface area contributed by atoms with Crippen molar-refractivity contribution in [2.75, 3.05) is 11.5 Å². The van der Waals surface area contributed by atoms with Crippen LogP contribution in [0.3, 0.4) is 0 Å². The number of benzene rings is 2. The van der Waals surface area contributed by atoms with Gasteiger partial charge in [0.15, 0.2) is 15.0 Å². The maximum absolute atomic E-state index is 12.8. The number of fused-ring (bicyclic) bond motifs is 1. The van der Waals surface area contributed by atoms with E-state index >= 15 is 0 Å². The number of H-pyrrole nitrogens is 1. The molecule has 0 fully saturated rings. The van der Waals surface area contributed by atoms with E-state index in [1.54, 1.807) is 0 Å². The molecular formula is C16H15FN2O2S2. The molecule has 0 atom stereocenters. The summed E-state index contributed by atoms with van der Waals surface area (Å²) in [6.45, 7) is 0. The maximum atomic E-state index is 12.8. The molecule has 0 radical (unpaired) electrons. The predicted octanol–water partition coefficient (Wildman–Crippen LogP) is 3.66. The van der Waals surface area contributed by atoms with Crippen LogP contribution < -0.4 is 0 Å². The fourth-order valence-electron chi connectivity index (χ4n) is 2.18. The van der Waals surface area contributed by atoms with Crippen LogP contribution in [0.15, 0.2) is 58.6 Å². The van der Waals surface area contributed by atoms with Crippen LogP contribution in [0.25, 0.3) is 11.0 Å². The quantitative estimate of drug-likeness (QED) is 0.419. The molecule has 0 unspecified atom stereocenters. The normalized spacial score (nSPS) is 11.9. The van der Waals surface area contributed by atoms with Crippen LogP contribution in [-0.2, 0) is 9.84 Å². The molecule has 1 N–H and O–H groups in total. The number of imidazole rings is 1. The lowest BCUT2D eigenvalue weighted by Gasteiger charge is -2.03. The maximum Gasteiger partial charge on any atom is 0.178 e. The van der Waals surface area contributed by atoms with Crippen LogP contribution >= 0.6 is 11.8 Å². The minimum atomic E-state index is -3.37. The molecule has 4 nitrogen and oxygen atoms in total. The van der Waals surface area contributed by atoms with Crippen molar-refractivity contribution in [2.45, 2.75) is 16.5 Å². The highest BCUT2D eigenvalue weighted by Crippen LogP contribution is 2.21. The molecule has 0 bridgehead atoms. The van der Waals surface area contributed by atoms with E-state index in [2.05, 4.69) is 9.97 Å². The Balaban J connectivity index is 1.55. The van der Waals surface area contributed by atoms with Gasteiger partial charge in [-0.05, 0) is 42.8 Å². The van der Waals surface area contributed by atoms with Crippen LogP contribution in [-0.4, -0.2) is 29.9 Å². The summed E-state index contributed by atoms with van der Waals surface area (Å²) < 4.78 is 37.1. The minimum Gasteiger partial charge on any atom is -0.333 e. The largest absolute Gasteiger partial charge is 0.333 e. The average Bonchev–Trinajstić information content (AvgIpc) is 2.95. The highest BCUT2D eigenvalue weighted by Gasteiger charge is 2.14. The first kappa shape index (κ1) is 16.0. The van der Waals surface area contributed by atoms with Crippen LogP contribution in [0.5, 0.6) is 0 Å². The number of aromatic nitrogens is 2. The van der Waals surface area contributed by atoms with Crippen LogP contribution in [0.1, 0.15) is 6.42 Å². The molecule has 0 aliphatic carbocycles. The molecular weight excluding hydrogens is 335 g/mol. The summed E-state index contributed by atoms with van der Waals surface area (Å²) in [5.41, 5.74) is 1.86. The molecule has 3 aromatic rings. The van der Waals surface area contributed by atoms with Crippen molar-refractivity contribution in [3.63, 3.8) is 0 Å². The third-order valence-corrected chi connectivity index (χ3v) is 6.11. The number of sulfone groups is 1. The lowest BCUT2D eigenvalue weighted by Crippen LogP contribution is -2.07. The Morgan fingerprint density at radius 1 is 1.09 bits per heavy atom. The summed E-state index contributed by atoms with van der Waals surface area (Å²) in [6, 6.07) is 12.7. The van der Waals surface area contributed by atoms with Gasteiger partial charge in [0, 0.05) is 5.75 Å². The molecule has 1 aromatic heterocycles. The van der Waals surface area contributed by atoms with Gasteiger partial charge in [-0.25, -0.2) is 17.8 Å². The number of hydrogen-bond acceptors (Lipinski definition) is 4. The average molecular weight is 350 g/mol. The van der Waals surface area contributed by atoms with Gasteiger partial charge in [0.05, 0.1) is 21.7 Å². The van der Waals surface area contributed by atoms with Gasteiger partial charge in [0.1, 0.15) is 5.82 Å². The molecule has 7 heteroatoms. The van der Waals surface area contributed by atoms with Gasteiger partial charge in [-0.1, -0.05) is 23.9 Å². The fraction of sp³-hybridized carbons (Fsp3) is 0.188. The highest BCUT2D eigenvalue weighted by molar-refractivity contribution is 7.99. The van der Waals surface area contributed by atoms with Crippen LogP contribution in [0.2, 0.25) is 0 Å². The van der Waals surface area contributed by atoms with Crippen LogP contribution in [0, 0.1) is 5.82 Å². The van der Waals surface area contributed by atoms with E-state index in [4.69, 9.17) is 0 Å². The van der Waals surface area contributed by atoms with Crippen molar-refractivity contribution < 1.29 is 12.8 Å². The second-order valence-corrected chi connectivity index (χ2v) is 8.23. The summed E-state index contributed by atoms with van der Waals surface area (Å²) >= 11 is 1.49. The Morgan fingerprint density at radius 2 is 1.83 bits per heavy atom. The molecule has 23 heavy (non-hydrogen) atoms. The topological polar surface area (TPSA) is 62.8 Å². The number of rotatable bonds is 6. The molecule has 1 heterocycles. The smallest absolute Gasteiger partial charge is 0.178 e. The van der Waals surface area contributed by atoms with Crippen LogP contribution in [0.4, 0.5) is 4.39 Å². The molecule has 0 aliphatic heterocycles. The summed E-state index contributed by atoms with van der Waals surface area (Å²) in [5, 5.41) is 0.783. The summed E-state index contributed by atoms with van der Waals surface area (Å²) in [4.78, 5) is 7.78. The number of aromatic amines is 1. The van der Waals surface area contributed by atoms with Gasteiger partial charge in [-0.3, -0.25) is 0 Å². The third-order valence-electron chi connectivity index (χ3n) is 3.34. The SMILES string of the molecule is O=S(=O)(CCCSc1nc2ccccc2[nH]1)c1ccc(F)cc1. The Bertz CT molecular complexity index is 872. The van der Waals surface area contributed by atoms with Gasteiger partial charge < -0.3 is 4.98 Å². The molecule has 3 rings (SSSR count). The first-order valence-corrected chi connectivity index (χ1v) is 9.74. The fourth-order valence-corrected chi connectivity index (χ4v) is 4.50. The zero-order chi connectivity index (χ0) is 16.3. The van der Waals surface area contributed by atoms with Gasteiger partial charge in [-0.2, -0.15) is 0 Å². The Hall–Kier alpha value is -1.86. The van der Waals surface area contributed by atoms with E-state index in [0.717, 1.165) is 28.3 Å². The minimum absolute atomic E-state index is 0.0336. The van der Waals surface area contributed by atoms with Crippen molar-refractivity contribution in [2.24, 2.45) is 0 Å². The zero-order valence-electron chi connectivity index (χ0n) is 12.2. The first-order valence-electron chi connectivity index (χ1n) is 7.10. The number of halogens is 1. The van der Waals surface area contributed by atoms with Crippen molar-refractivity contribution in [3.8, 4) is 0 Å². The van der Waals surface area contributed by atoms with E-state index in [0.29, 0.717) is 12.2 Å². The molecule has 0 saturated heterocycles. The van der Waals surface area contributed by atoms with E-state index in [-0.39, 0.29) is 10.6 Å². The highest BCUT2D eigenvalue weighted by atomic mass is 32.2. The van der Waals surface area contributed by atoms with Crippen molar-refractivity contribution in [1.29, 1.82) is 0 Å². The van der Waals surface area contributed by atoms with Crippen molar-refractivity contribution >= 4 is 32.6 Å². The van der Waals surface area contributed by atoms with Gasteiger partial charge >= 0.3 is 0 Å². The lowest BCUT2D eigenvalue weighted by atomic mass is 10.3. The number of nitrogens with one attached hydrogen (secondary N) is 1. The van der Waals surface area contributed by atoms with Gasteiger partial charge in [0.2, 0.25) is 0 Å². The molecule has 120 valence electrons. The predicted molar refractivity (Wildman–Crippen MR) is 89.9 cm³/mol. The summed E-state index contributed by atoms with van der Waals surface area (Å²) in [5.74, 6) is 0.232. The number of nitrogens with zero attached hydrogens (tertiary/aromatic N) is 1. The Kier molecular flexibility index (Phi) is 4.68. The second kappa shape index (κ2) is 6.72. The molecule has 0 saturated carbocycles. The lowest BCUT2D eigenvalue weighted by molar-refractivity contribution is 0.593. The number of thioether (sulfide) groups is 1. The summed E-state index contributed by atoms with van der Waals surface area (Å²) in [7, 11) is -3.37. The summed E-state index contributed by atoms with van der Waals surface area (Å²) in [6.07, 6.45) is 0.501. The molecule has 0 aliphatic rings. The van der Waals surface area contributed by atoms with E-state index in [1.807, 2.05) is 24.3 Å². The van der Waals surface area contributed by atoms with Crippen molar-refractivity contribution in [3.05, 3.63) is 54.3 Å². The number of para-hydroxylation sites is 2. The van der Waals surface area contributed by atoms with E-state index < -0.39 is 15.7 Å². The van der Waals surface area contributed by atoms with Gasteiger partial charge in [-0.15, -0.1) is 0 Å². The standard InChI is InChI=1S/C16H15FN2O2S2/c17-12-6-8-13(9-7-12)23(20,21)11-3-10-22-16-18-14-4-1-2-5-15(14)19-16/h1-2,4-9H,3,10-11H2,(H,18,19). The van der Waals surface area contributed by atoms with E-state index in [9.17, 15) is 12.8 Å². The molecule has 0 spiro atoms. The Labute approximate surface area is 138 Å². The third kappa shape index (κ3) is 3.92. The zero-order valence-corrected chi connectivity index (χ0v) is 13.8. The number of hydrogen-bond donors (Lipinski definition) is 1. The molecule has 2 aromatic carbocycles. The Morgan fingerprint density at radius 3 is 2.57 bits per heavy atom. The van der Waals surface area contributed by atoms with E-state index in [1.165, 1.54) is 23.9 Å². The second-order valence-electron chi connectivity index (χ2n) is 5.03. The monoisotopic (exact) mass is 350 g/mol. The van der Waals surface area contributed by atoms with Gasteiger partial charge in [0.25, 0.3) is 0 Å². The molecule has 0 amide bonds. The first-order chi connectivity index (χ1) is 11.0. The van der Waals surface area contributed by atoms with Crippen molar-refractivity contribution in [1.82, 2.24) is 9.97 Å².